The number of nitrogens with zero attached hydrogens (tertiary/aromatic N) is 2. The van der Waals surface area contributed by atoms with Crippen LogP contribution in [0.1, 0.15) is 47.5 Å². The van der Waals surface area contributed by atoms with Gasteiger partial charge >= 0.3 is 18.0 Å². The first-order chi connectivity index (χ1) is 12.6. The largest absolute Gasteiger partial charge is 0.466 e. The van der Waals surface area contributed by atoms with Crippen LogP contribution in [-0.4, -0.2) is 78.2 Å². The average molecular weight is 386 g/mol. The summed E-state index contributed by atoms with van der Waals surface area (Å²) in [5, 5.41) is 0. The summed E-state index contributed by atoms with van der Waals surface area (Å²) in [4.78, 5) is 50.7. The third-order valence-corrected chi connectivity index (χ3v) is 3.74. The Balaban J connectivity index is 2.66. The highest BCUT2D eigenvalue weighted by molar-refractivity contribution is 5.94. The molecule has 1 fully saturated rings. The molecule has 0 aliphatic carbocycles. The lowest BCUT2D eigenvalue weighted by Crippen LogP contribution is -2.63. The fourth-order valence-electron chi connectivity index (χ4n) is 2.52. The van der Waals surface area contributed by atoms with Gasteiger partial charge in [-0.3, -0.25) is 14.4 Å². The first-order valence-corrected chi connectivity index (χ1v) is 9.16. The van der Waals surface area contributed by atoms with Crippen molar-refractivity contribution in [3.63, 3.8) is 0 Å². The molecule has 1 aliphatic heterocycles. The van der Waals surface area contributed by atoms with Crippen molar-refractivity contribution in [1.82, 2.24) is 9.80 Å². The second-order valence-corrected chi connectivity index (χ2v) is 7.16. The lowest BCUT2D eigenvalue weighted by molar-refractivity contribution is -0.151. The fourth-order valence-corrected chi connectivity index (χ4v) is 2.52. The number of esters is 2. The molecule has 2 amide bonds. The average Bonchev–Trinajstić information content (AvgIpc) is 2.47. The topological polar surface area (TPSA) is 102 Å². The molecule has 1 saturated heterocycles. The van der Waals surface area contributed by atoms with E-state index in [-0.39, 0.29) is 45.3 Å². The summed E-state index contributed by atoms with van der Waals surface area (Å²) < 4.78 is 15.0. The Labute approximate surface area is 159 Å². The molecule has 1 heterocycles. The molecular formula is C18H30N2O7. The second kappa shape index (κ2) is 10.1. The summed E-state index contributed by atoms with van der Waals surface area (Å²) in [5.74, 6) is -1.48. The van der Waals surface area contributed by atoms with Gasteiger partial charge in [0.25, 0.3) is 0 Å². The Morgan fingerprint density at radius 1 is 1.00 bits per heavy atom. The van der Waals surface area contributed by atoms with Gasteiger partial charge in [-0.2, -0.15) is 0 Å². The molecule has 27 heavy (non-hydrogen) atoms. The lowest BCUT2D eigenvalue weighted by Gasteiger charge is -2.45. The molecule has 0 bridgehead atoms. The fraction of sp³-hybridized carbons (Fsp3) is 0.778. The number of carbonyl (C=O) groups excluding carboxylic acids is 4. The Bertz CT molecular complexity index is 550. The van der Waals surface area contributed by atoms with Crippen molar-refractivity contribution in [2.45, 2.75) is 59.1 Å². The van der Waals surface area contributed by atoms with Crippen LogP contribution in [0.4, 0.5) is 4.79 Å². The van der Waals surface area contributed by atoms with Gasteiger partial charge in [0, 0.05) is 19.6 Å². The molecule has 0 aromatic heterocycles. The standard InChI is InChI=1S/C18H30N2O7/c1-6-25-15(22)8-9-20(14(21)10-16(23)26-7-2)13-11-19(12-13)17(24)27-18(3,4)5/h13H,6-12H2,1-5H3. The summed E-state index contributed by atoms with van der Waals surface area (Å²) in [6.45, 7) is 9.81. The Kier molecular flexibility index (Phi) is 8.52. The van der Waals surface area contributed by atoms with E-state index in [2.05, 4.69) is 0 Å². The highest BCUT2D eigenvalue weighted by Crippen LogP contribution is 2.20. The molecule has 154 valence electrons. The lowest BCUT2D eigenvalue weighted by atomic mass is 10.1. The summed E-state index contributed by atoms with van der Waals surface area (Å²) in [5.41, 5.74) is -0.606. The minimum atomic E-state index is -0.619. The van der Waals surface area contributed by atoms with Crippen molar-refractivity contribution in [2.75, 3.05) is 32.8 Å². The zero-order valence-corrected chi connectivity index (χ0v) is 16.8. The number of ether oxygens (including phenoxy) is 3. The minimum absolute atomic E-state index is 0.0192. The predicted octanol–water partition coefficient (Wildman–Crippen LogP) is 1.34. The van der Waals surface area contributed by atoms with Gasteiger partial charge in [0.2, 0.25) is 5.91 Å². The van der Waals surface area contributed by atoms with Crippen LogP contribution in [0.2, 0.25) is 0 Å². The quantitative estimate of drug-likeness (QED) is 0.352. The SMILES string of the molecule is CCOC(=O)CCN(C(=O)CC(=O)OCC)C1CN(C(=O)OC(C)(C)C)C1. The van der Waals surface area contributed by atoms with Crippen molar-refractivity contribution in [3.8, 4) is 0 Å². The van der Waals surface area contributed by atoms with Gasteiger partial charge in [0.15, 0.2) is 0 Å². The molecule has 0 aromatic carbocycles. The molecule has 0 unspecified atom stereocenters. The molecule has 9 heteroatoms. The molecule has 0 atom stereocenters. The predicted molar refractivity (Wildman–Crippen MR) is 95.8 cm³/mol. The number of carbonyl (C=O) groups is 4. The van der Waals surface area contributed by atoms with Gasteiger partial charge in [-0.15, -0.1) is 0 Å². The maximum atomic E-state index is 12.5. The number of likely N-dealkylation sites (tertiary alicyclic amines) is 1. The van der Waals surface area contributed by atoms with E-state index in [4.69, 9.17) is 14.2 Å². The zero-order chi connectivity index (χ0) is 20.6. The van der Waals surface area contributed by atoms with Crippen LogP contribution in [0.15, 0.2) is 0 Å². The van der Waals surface area contributed by atoms with Crippen LogP contribution in [-0.2, 0) is 28.6 Å². The molecule has 0 saturated carbocycles. The Morgan fingerprint density at radius 3 is 2.07 bits per heavy atom. The number of rotatable bonds is 8. The molecule has 0 N–H and O–H groups in total. The van der Waals surface area contributed by atoms with Crippen LogP contribution < -0.4 is 0 Å². The third kappa shape index (κ3) is 7.84. The van der Waals surface area contributed by atoms with Gasteiger partial charge in [-0.05, 0) is 34.6 Å². The van der Waals surface area contributed by atoms with E-state index in [1.807, 2.05) is 0 Å². The number of hydrogen-bond donors (Lipinski definition) is 0. The van der Waals surface area contributed by atoms with E-state index >= 15 is 0 Å². The third-order valence-electron chi connectivity index (χ3n) is 3.74. The maximum absolute atomic E-state index is 12.5. The smallest absolute Gasteiger partial charge is 0.410 e. The molecule has 9 nitrogen and oxygen atoms in total. The van der Waals surface area contributed by atoms with Crippen molar-refractivity contribution < 1.29 is 33.4 Å². The van der Waals surface area contributed by atoms with Gasteiger partial charge < -0.3 is 24.0 Å². The van der Waals surface area contributed by atoms with Crippen LogP contribution in [0.25, 0.3) is 0 Å². The van der Waals surface area contributed by atoms with E-state index in [1.165, 1.54) is 9.80 Å². The summed E-state index contributed by atoms with van der Waals surface area (Å²) in [6, 6.07) is -0.283. The first-order valence-electron chi connectivity index (χ1n) is 9.16. The van der Waals surface area contributed by atoms with E-state index in [9.17, 15) is 19.2 Å². The number of amides is 2. The van der Waals surface area contributed by atoms with Gasteiger partial charge in [-0.25, -0.2) is 4.79 Å². The van der Waals surface area contributed by atoms with Crippen LogP contribution >= 0.6 is 0 Å². The Morgan fingerprint density at radius 2 is 1.56 bits per heavy atom. The van der Waals surface area contributed by atoms with Crippen molar-refractivity contribution in [3.05, 3.63) is 0 Å². The zero-order valence-electron chi connectivity index (χ0n) is 16.8. The Hall–Kier alpha value is -2.32. The first kappa shape index (κ1) is 22.7. The normalized spacial score (nSPS) is 14.2. The molecular weight excluding hydrogens is 356 g/mol. The molecule has 1 aliphatic rings. The monoisotopic (exact) mass is 386 g/mol. The van der Waals surface area contributed by atoms with Gasteiger partial charge in [-0.1, -0.05) is 0 Å². The molecule has 0 spiro atoms. The van der Waals surface area contributed by atoms with Crippen molar-refractivity contribution in [2.24, 2.45) is 0 Å². The molecule has 0 radical (unpaired) electrons. The van der Waals surface area contributed by atoms with Crippen LogP contribution in [0, 0.1) is 0 Å². The number of hydrogen-bond acceptors (Lipinski definition) is 7. The highest BCUT2D eigenvalue weighted by Gasteiger charge is 2.39. The van der Waals surface area contributed by atoms with E-state index in [0.29, 0.717) is 0 Å². The second-order valence-electron chi connectivity index (χ2n) is 7.16. The van der Waals surface area contributed by atoms with Gasteiger partial charge in [0.05, 0.1) is 25.7 Å². The van der Waals surface area contributed by atoms with Crippen molar-refractivity contribution in [1.29, 1.82) is 0 Å². The summed E-state index contributed by atoms with van der Waals surface area (Å²) in [6.07, 6.45) is -0.841. The van der Waals surface area contributed by atoms with Crippen LogP contribution in [0.3, 0.4) is 0 Å². The summed E-state index contributed by atoms with van der Waals surface area (Å²) in [7, 11) is 0. The summed E-state index contributed by atoms with van der Waals surface area (Å²) >= 11 is 0. The van der Waals surface area contributed by atoms with Gasteiger partial charge in [0.1, 0.15) is 12.0 Å². The van der Waals surface area contributed by atoms with E-state index in [1.54, 1.807) is 34.6 Å². The maximum Gasteiger partial charge on any atom is 0.410 e. The van der Waals surface area contributed by atoms with Crippen molar-refractivity contribution >= 4 is 23.9 Å². The highest BCUT2D eigenvalue weighted by atomic mass is 16.6. The minimum Gasteiger partial charge on any atom is -0.466 e. The molecule has 0 aromatic rings. The van der Waals surface area contributed by atoms with Crippen LogP contribution in [0.5, 0.6) is 0 Å². The van der Waals surface area contributed by atoms with E-state index < -0.39 is 36.0 Å². The molecule has 1 rings (SSSR count). The van der Waals surface area contributed by atoms with E-state index in [0.717, 1.165) is 0 Å².